The Morgan fingerprint density at radius 2 is 2.12 bits per heavy atom. The number of methoxy groups -OCH3 is 1. The number of carbonyl (C=O) groups excluding carboxylic acids is 1. The number of amides is 1. The zero-order valence-electron chi connectivity index (χ0n) is 13.9. The molecule has 1 N–H and O–H groups in total. The average molecular weight is 356 g/mol. The Labute approximate surface area is 149 Å². The molecule has 0 spiro atoms. The molecular weight excluding hydrogens is 339 g/mol. The summed E-state index contributed by atoms with van der Waals surface area (Å²) >= 11 is 1.34. The molecule has 3 aromatic rings. The second-order valence-electron chi connectivity index (χ2n) is 5.60. The lowest BCUT2D eigenvalue weighted by Gasteiger charge is -2.07. The molecule has 0 aliphatic heterocycles. The third-order valence-electron chi connectivity index (χ3n) is 3.64. The number of aromatic nitrogens is 1. The van der Waals surface area contributed by atoms with E-state index in [2.05, 4.69) is 10.3 Å². The van der Waals surface area contributed by atoms with Gasteiger partial charge < -0.3 is 10.1 Å². The van der Waals surface area contributed by atoms with E-state index in [1.54, 1.807) is 19.2 Å². The third kappa shape index (κ3) is 4.22. The van der Waals surface area contributed by atoms with Gasteiger partial charge in [0.2, 0.25) is 5.91 Å². The normalized spacial score (nSPS) is 10.5. The van der Waals surface area contributed by atoms with Crippen LogP contribution in [0.4, 0.5) is 9.52 Å². The highest BCUT2D eigenvalue weighted by Crippen LogP contribution is 2.33. The quantitative estimate of drug-likeness (QED) is 0.735. The Bertz CT molecular complexity index is 908. The number of anilines is 1. The van der Waals surface area contributed by atoms with E-state index in [1.165, 1.54) is 23.5 Å². The minimum absolute atomic E-state index is 0.0977. The molecule has 0 saturated carbocycles. The lowest BCUT2D eigenvalue weighted by Crippen LogP contribution is -2.14. The molecule has 1 heterocycles. The molecule has 0 bridgehead atoms. The number of carbonyl (C=O) groups is 1. The highest BCUT2D eigenvalue weighted by atomic mass is 32.1. The van der Waals surface area contributed by atoms with E-state index in [4.69, 9.17) is 4.74 Å². The van der Waals surface area contributed by atoms with E-state index < -0.39 is 0 Å². The minimum Gasteiger partial charge on any atom is -0.496 e. The molecule has 0 aliphatic rings. The number of hydrogen-bond donors (Lipinski definition) is 1. The summed E-state index contributed by atoms with van der Waals surface area (Å²) in [6.07, 6.45) is 0.0977. The first-order valence-corrected chi connectivity index (χ1v) is 8.58. The van der Waals surface area contributed by atoms with Gasteiger partial charge in [0, 0.05) is 10.9 Å². The first kappa shape index (κ1) is 17.1. The Hall–Kier alpha value is -2.73. The molecule has 3 rings (SSSR count). The topological polar surface area (TPSA) is 51.2 Å². The number of thiazole rings is 1. The summed E-state index contributed by atoms with van der Waals surface area (Å²) in [5, 5.41) is 5.13. The van der Waals surface area contributed by atoms with Gasteiger partial charge in [-0.25, -0.2) is 9.37 Å². The van der Waals surface area contributed by atoms with Gasteiger partial charge in [0.25, 0.3) is 0 Å². The van der Waals surface area contributed by atoms with Gasteiger partial charge in [-0.05, 0) is 36.8 Å². The second-order valence-corrected chi connectivity index (χ2v) is 6.45. The maximum Gasteiger partial charge on any atom is 0.230 e. The largest absolute Gasteiger partial charge is 0.496 e. The van der Waals surface area contributed by atoms with Crippen molar-refractivity contribution in [2.24, 2.45) is 0 Å². The fourth-order valence-corrected chi connectivity index (χ4v) is 3.20. The van der Waals surface area contributed by atoms with Crippen molar-refractivity contribution in [3.63, 3.8) is 0 Å². The van der Waals surface area contributed by atoms with Gasteiger partial charge in [0.1, 0.15) is 11.6 Å². The van der Waals surface area contributed by atoms with Crippen molar-refractivity contribution < 1.29 is 13.9 Å². The van der Waals surface area contributed by atoms with Crippen LogP contribution in [-0.2, 0) is 11.2 Å². The van der Waals surface area contributed by atoms with Crippen molar-refractivity contribution in [1.82, 2.24) is 4.98 Å². The highest BCUT2D eigenvalue weighted by molar-refractivity contribution is 7.14. The number of nitrogens with one attached hydrogen (secondary N) is 1. The predicted molar refractivity (Wildman–Crippen MR) is 97.6 cm³/mol. The van der Waals surface area contributed by atoms with Crippen LogP contribution >= 0.6 is 11.3 Å². The van der Waals surface area contributed by atoms with E-state index >= 15 is 0 Å². The molecule has 1 aromatic heterocycles. The summed E-state index contributed by atoms with van der Waals surface area (Å²) in [5.74, 6) is 0.143. The fourth-order valence-electron chi connectivity index (χ4n) is 2.47. The molecule has 6 heteroatoms. The molecule has 1 amide bonds. The smallest absolute Gasteiger partial charge is 0.230 e. The molecule has 0 saturated heterocycles. The molecule has 0 radical (unpaired) electrons. The van der Waals surface area contributed by atoms with Gasteiger partial charge in [-0.2, -0.15) is 0 Å². The molecule has 0 unspecified atom stereocenters. The minimum atomic E-state index is -0.353. The van der Waals surface area contributed by atoms with Gasteiger partial charge in [-0.1, -0.05) is 23.8 Å². The van der Waals surface area contributed by atoms with Crippen molar-refractivity contribution in [2.45, 2.75) is 13.3 Å². The molecule has 0 atom stereocenters. The van der Waals surface area contributed by atoms with Crippen LogP contribution in [0.15, 0.2) is 47.8 Å². The number of ether oxygens (including phenoxy) is 1. The number of halogens is 1. The Morgan fingerprint density at radius 1 is 1.28 bits per heavy atom. The van der Waals surface area contributed by atoms with Crippen LogP contribution in [0.3, 0.4) is 0 Å². The summed E-state index contributed by atoms with van der Waals surface area (Å²) in [6, 6.07) is 11.9. The van der Waals surface area contributed by atoms with Gasteiger partial charge in [-0.15, -0.1) is 11.3 Å². The SMILES string of the molecule is COc1ccc(C)cc1-c1csc(NC(=O)Cc2cccc(F)c2)n1. The molecule has 25 heavy (non-hydrogen) atoms. The number of hydrogen-bond acceptors (Lipinski definition) is 4. The standard InChI is InChI=1S/C19H17FN2O2S/c1-12-6-7-17(24-2)15(8-12)16-11-25-19(21-16)22-18(23)10-13-4-3-5-14(20)9-13/h3-9,11H,10H2,1-2H3,(H,21,22,23). The monoisotopic (exact) mass is 356 g/mol. The van der Waals surface area contributed by atoms with Gasteiger partial charge in [-0.3, -0.25) is 4.79 Å². The number of benzene rings is 2. The fraction of sp³-hybridized carbons (Fsp3) is 0.158. The van der Waals surface area contributed by atoms with Crippen molar-refractivity contribution in [1.29, 1.82) is 0 Å². The van der Waals surface area contributed by atoms with Crippen LogP contribution in [0, 0.1) is 12.7 Å². The summed E-state index contributed by atoms with van der Waals surface area (Å²) in [4.78, 5) is 16.6. The first-order chi connectivity index (χ1) is 12.0. The van der Waals surface area contributed by atoms with Crippen LogP contribution < -0.4 is 10.1 Å². The third-order valence-corrected chi connectivity index (χ3v) is 4.39. The summed E-state index contributed by atoms with van der Waals surface area (Å²) < 4.78 is 18.6. The van der Waals surface area contributed by atoms with E-state index in [0.717, 1.165) is 22.6 Å². The van der Waals surface area contributed by atoms with Gasteiger partial charge in [0.05, 0.1) is 19.2 Å². The summed E-state index contributed by atoms with van der Waals surface area (Å²) in [5.41, 5.74) is 3.34. The van der Waals surface area contributed by atoms with Gasteiger partial charge >= 0.3 is 0 Å². The summed E-state index contributed by atoms with van der Waals surface area (Å²) in [6.45, 7) is 2.00. The van der Waals surface area contributed by atoms with Crippen LogP contribution in [0.25, 0.3) is 11.3 Å². The van der Waals surface area contributed by atoms with Crippen LogP contribution in [0.5, 0.6) is 5.75 Å². The number of rotatable bonds is 5. The summed E-state index contributed by atoms with van der Waals surface area (Å²) in [7, 11) is 1.61. The molecule has 2 aromatic carbocycles. The van der Waals surface area contributed by atoms with Crippen LogP contribution in [0.1, 0.15) is 11.1 Å². The molecule has 128 valence electrons. The Balaban J connectivity index is 1.74. The zero-order valence-corrected chi connectivity index (χ0v) is 14.7. The highest BCUT2D eigenvalue weighted by Gasteiger charge is 2.12. The molecule has 4 nitrogen and oxygen atoms in total. The zero-order chi connectivity index (χ0) is 17.8. The van der Waals surface area contributed by atoms with Gasteiger partial charge in [0.15, 0.2) is 5.13 Å². The Kier molecular flexibility index (Phi) is 5.09. The van der Waals surface area contributed by atoms with E-state index in [-0.39, 0.29) is 18.1 Å². The molecule has 0 fully saturated rings. The van der Waals surface area contributed by atoms with Crippen molar-refractivity contribution in [3.8, 4) is 17.0 Å². The second kappa shape index (κ2) is 7.44. The van der Waals surface area contributed by atoms with E-state index in [1.807, 2.05) is 30.5 Å². The van der Waals surface area contributed by atoms with Crippen LogP contribution in [-0.4, -0.2) is 18.0 Å². The molecule has 0 aliphatic carbocycles. The van der Waals surface area contributed by atoms with E-state index in [0.29, 0.717) is 10.7 Å². The average Bonchev–Trinajstić information content (AvgIpc) is 3.03. The van der Waals surface area contributed by atoms with E-state index in [9.17, 15) is 9.18 Å². The first-order valence-electron chi connectivity index (χ1n) is 7.70. The maximum absolute atomic E-state index is 13.2. The van der Waals surface area contributed by atoms with Crippen molar-refractivity contribution >= 4 is 22.4 Å². The number of aryl methyl sites for hydroxylation is 1. The number of nitrogens with zero attached hydrogens (tertiary/aromatic N) is 1. The van der Waals surface area contributed by atoms with Crippen molar-refractivity contribution in [2.75, 3.05) is 12.4 Å². The lowest BCUT2D eigenvalue weighted by molar-refractivity contribution is -0.115. The molecular formula is C19H17FN2O2S. The predicted octanol–water partition coefficient (Wildman–Crippen LogP) is 4.45. The lowest BCUT2D eigenvalue weighted by atomic mass is 10.1. The van der Waals surface area contributed by atoms with Crippen LogP contribution in [0.2, 0.25) is 0 Å². The maximum atomic E-state index is 13.2. The van der Waals surface area contributed by atoms with Crippen molar-refractivity contribution in [3.05, 3.63) is 64.8 Å². The Morgan fingerprint density at radius 3 is 2.88 bits per heavy atom.